The SMILES string of the molecule is Cc1c(C(C)C(C)(C)C(=O)O)n(Cc2ccc(Cl)cc2)c2ccc(Cl)cc12. The highest BCUT2D eigenvalue weighted by Gasteiger charge is 2.37. The molecule has 0 aliphatic rings. The molecule has 3 nitrogen and oxygen atoms in total. The van der Waals surface area contributed by atoms with Crippen LogP contribution in [-0.2, 0) is 11.3 Å². The van der Waals surface area contributed by atoms with Gasteiger partial charge in [0.2, 0.25) is 0 Å². The molecule has 0 saturated heterocycles. The summed E-state index contributed by atoms with van der Waals surface area (Å²) in [6.45, 7) is 8.21. The summed E-state index contributed by atoms with van der Waals surface area (Å²) in [4.78, 5) is 11.9. The second-order valence-corrected chi connectivity index (χ2v) is 8.51. The molecular weight excluding hydrogens is 381 g/mol. The lowest BCUT2D eigenvalue weighted by molar-refractivity contribution is -0.148. The molecule has 0 aliphatic heterocycles. The van der Waals surface area contributed by atoms with Gasteiger partial charge in [-0.3, -0.25) is 4.79 Å². The van der Waals surface area contributed by atoms with Crippen molar-refractivity contribution >= 4 is 40.1 Å². The van der Waals surface area contributed by atoms with E-state index < -0.39 is 11.4 Å². The molecule has 0 aliphatic carbocycles. The minimum atomic E-state index is -0.902. The molecule has 1 heterocycles. The second-order valence-electron chi connectivity index (χ2n) is 7.63. The van der Waals surface area contributed by atoms with Gasteiger partial charge in [-0.1, -0.05) is 42.3 Å². The number of hydrogen-bond donors (Lipinski definition) is 1. The molecule has 3 aromatic rings. The number of fused-ring (bicyclic) bond motifs is 1. The van der Waals surface area contributed by atoms with Gasteiger partial charge in [-0.15, -0.1) is 0 Å². The van der Waals surface area contributed by atoms with Gasteiger partial charge in [-0.2, -0.15) is 0 Å². The molecule has 2 aromatic carbocycles. The van der Waals surface area contributed by atoms with Crippen molar-refractivity contribution in [2.45, 2.75) is 40.2 Å². The third kappa shape index (κ3) is 3.59. The van der Waals surface area contributed by atoms with Gasteiger partial charge in [0.15, 0.2) is 0 Å². The van der Waals surface area contributed by atoms with Crippen LogP contribution >= 0.6 is 23.2 Å². The Morgan fingerprint density at radius 3 is 2.30 bits per heavy atom. The number of aromatic nitrogens is 1. The van der Waals surface area contributed by atoms with Crippen molar-refractivity contribution in [3.63, 3.8) is 0 Å². The van der Waals surface area contributed by atoms with Gasteiger partial charge in [-0.05, 0) is 62.2 Å². The molecule has 0 radical (unpaired) electrons. The van der Waals surface area contributed by atoms with Crippen molar-refractivity contribution in [1.82, 2.24) is 4.57 Å². The smallest absolute Gasteiger partial charge is 0.309 e. The first-order valence-electron chi connectivity index (χ1n) is 8.89. The molecule has 1 unspecified atom stereocenters. The molecule has 142 valence electrons. The Kier molecular flexibility index (Phi) is 5.29. The zero-order chi connectivity index (χ0) is 19.9. The average molecular weight is 404 g/mol. The van der Waals surface area contributed by atoms with E-state index >= 15 is 0 Å². The molecule has 3 rings (SSSR count). The fourth-order valence-corrected chi connectivity index (χ4v) is 3.84. The van der Waals surface area contributed by atoms with E-state index in [0.29, 0.717) is 16.6 Å². The van der Waals surface area contributed by atoms with Gasteiger partial charge in [-0.25, -0.2) is 0 Å². The number of carboxylic acids is 1. The molecule has 0 spiro atoms. The van der Waals surface area contributed by atoms with Crippen molar-refractivity contribution in [3.8, 4) is 0 Å². The van der Waals surface area contributed by atoms with E-state index in [4.69, 9.17) is 23.2 Å². The van der Waals surface area contributed by atoms with Crippen LogP contribution in [0.1, 0.15) is 43.5 Å². The monoisotopic (exact) mass is 403 g/mol. The molecule has 27 heavy (non-hydrogen) atoms. The summed E-state index contributed by atoms with van der Waals surface area (Å²) >= 11 is 12.3. The van der Waals surface area contributed by atoms with Gasteiger partial charge in [0, 0.05) is 39.1 Å². The normalized spacial score (nSPS) is 13.1. The minimum absolute atomic E-state index is 0.187. The zero-order valence-corrected chi connectivity index (χ0v) is 17.4. The number of aryl methyl sites for hydroxylation is 1. The first kappa shape index (κ1) is 19.8. The van der Waals surface area contributed by atoms with Gasteiger partial charge < -0.3 is 9.67 Å². The Morgan fingerprint density at radius 1 is 1.11 bits per heavy atom. The Balaban J connectivity index is 2.23. The van der Waals surface area contributed by atoms with Crippen LogP contribution in [0.3, 0.4) is 0 Å². The molecule has 0 amide bonds. The summed E-state index contributed by atoms with van der Waals surface area (Å²) in [5.41, 5.74) is 3.35. The molecular formula is C22H23Cl2NO2. The van der Waals surface area contributed by atoms with Gasteiger partial charge >= 0.3 is 5.97 Å². The standard InChI is InChI=1S/C22H23Cl2NO2/c1-13-18-11-17(24)9-10-19(18)25(12-15-5-7-16(23)8-6-15)20(13)14(2)22(3,4)21(26)27/h5-11,14H,12H2,1-4H3,(H,26,27). The van der Waals surface area contributed by atoms with Crippen LogP contribution in [0.15, 0.2) is 42.5 Å². The summed E-state index contributed by atoms with van der Waals surface area (Å²) in [5, 5.41) is 12.2. The van der Waals surface area contributed by atoms with Crippen LogP contribution in [0.2, 0.25) is 10.0 Å². The van der Waals surface area contributed by atoms with Crippen molar-refractivity contribution < 1.29 is 9.90 Å². The highest BCUT2D eigenvalue weighted by molar-refractivity contribution is 6.31. The van der Waals surface area contributed by atoms with E-state index in [1.54, 1.807) is 13.8 Å². The quantitative estimate of drug-likeness (QED) is 0.526. The lowest BCUT2D eigenvalue weighted by Crippen LogP contribution is -2.31. The number of hydrogen-bond acceptors (Lipinski definition) is 1. The molecule has 1 N–H and O–H groups in total. The van der Waals surface area contributed by atoms with Gasteiger partial charge in [0.05, 0.1) is 5.41 Å². The van der Waals surface area contributed by atoms with E-state index in [1.807, 2.05) is 56.3 Å². The fraction of sp³-hybridized carbons (Fsp3) is 0.318. The van der Waals surface area contributed by atoms with Crippen molar-refractivity contribution in [1.29, 1.82) is 0 Å². The molecule has 5 heteroatoms. The number of rotatable bonds is 5. The van der Waals surface area contributed by atoms with Crippen molar-refractivity contribution in [3.05, 3.63) is 69.3 Å². The number of aliphatic carboxylic acids is 1. The van der Waals surface area contributed by atoms with E-state index in [1.165, 1.54) is 0 Å². The van der Waals surface area contributed by atoms with E-state index in [9.17, 15) is 9.90 Å². The van der Waals surface area contributed by atoms with Crippen LogP contribution in [0.25, 0.3) is 10.9 Å². The zero-order valence-electron chi connectivity index (χ0n) is 15.9. The third-order valence-electron chi connectivity index (χ3n) is 5.63. The number of carbonyl (C=O) groups is 1. The summed E-state index contributed by atoms with van der Waals surface area (Å²) in [7, 11) is 0. The molecule has 0 bridgehead atoms. The van der Waals surface area contributed by atoms with Crippen LogP contribution in [-0.4, -0.2) is 15.6 Å². The Morgan fingerprint density at radius 2 is 1.70 bits per heavy atom. The van der Waals surface area contributed by atoms with Gasteiger partial charge in [0.25, 0.3) is 0 Å². The van der Waals surface area contributed by atoms with Crippen LogP contribution in [0.4, 0.5) is 0 Å². The Bertz CT molecular complexity index is 1000. The Labute approximate surface area is 169 Å². The van der Waals surface area contributed by atoms with Crippen LogP contribution < -0.4 is 0 Å². The predicted molar refractivity (Wildman–Crippen MR) is 112 cm³/mol. The average Bonchev–Trinajstić information content (AvgIpc) is 2.87. The lowest BCUT2D eigenvalue weighted by atomic mass is 9.77. The molecule has 1 atom stereocenters. The maximum Gasteiger partial charge on any atom is 0.309 e. The highest BCUT2D eigenvalue weighted by Crippen LogP contribution is 2.41. The molecule has 0 fully saturated rings. The number of carboxylic acid groups (broad SMARTS) is 1. The lowest BCUT2D eigenvalue weighted by Gasteiger charge is -2.29. The molecule has 1 aromatic heterocycles. The van der Waals surface area contributed by atoms with Crippen molar-refractivity contribution in [2.75, 3.05) is 0 Å². The van der Waals surface area contributed by atoms with Crippen molar-refractivity contribution in [2.24, 2.45) is 5.41 Å². The summed E-state index contributed by atoms with van der Waals surface area (Å²) in [6.07, 6.45) is 0. The number of benzene rings is 2. The minimum Gasteiger partial charge on any atom is -0.481 e. The van der Waals surface area contributed by atoms with Crippen LogP contribution in [0.5, 0.6) is 0 Å². The number of nitrogens with zero attached hydrogens (tertiary/aromatic N) is 1. The van der Waals surface area contributed by atoms with Crippen LogP contribution in [0, 0.1) is 12.3 Å². The Hall–Kier alpha value is -1.97. The summed E-state index contributed by atoms with van der Waals surface area (Å²) < 4.78 is 2.21. The fourth-order valence-electron chi connectivity index (χ4n) is 3.54. The number of halogens is 2. The maximum absolute atomic E-state index is 11.9. The highest BCUT2D eigenvalue weighted by atomic mass is 35.5. The maximum atomic E-state index is 11.9. The second kappa shape index (κ2) is 7.21. The summed E-state index contributed by atoms with van der Waals surface area (Å²) in [5.74, 6) is -0.996. The molecule has 0 saturated carbocycles. The topological polar surface area (TPSA) is 42.2 Å². The van der Waals surface area contributed by atoms with E-state index in [-0.39, 0.29) is 5.92 Å². The largest absolute Gasteiger partial charge is 0.481 e. The first-order valence-corrected chi connectivity index (χ1v) is 9.64. The van der Waals surface area contributed by atoms with E-state index in [0.717, 1.165) is 27.7 Å². The summed E-state index contributed by atoms with van der Waals surface area (Å²) in [6, 6.07) is 13.6. The van der Waals surface area contributed by atoms with E-state index in [2.05, 4.69) is 4.57 Å². The first-order chi connectivity index (χ1) is 12.6. The van der Waals surface area contributed by atoms with Gasteiger partial charge in [0.1, 0.15) is 0 Å². The predicted octanol–water partition coefficient (Wildman–Crippen LogP) is 6.52. The third-order valence-corrected chi connectivity index (χ3v) is 6.11.